The van der Waals surface area contributed by atoms with Gasteiger partial charge in [-0.15, -0.1) is 0 Å². The van der Waals surface area contributed by atoms with E-state index in [2.05, 4.69) is 37.4 Å². The van der Waals surface area contributed by atoms with Crippen LogP contribution in [0.2, 0.25) is 0 Å². The maximum atomic E-state index is 11.8. The van der Waals surface area contributed by atoms with Gasteiger partial charge in [0.15, 0.2) is 5.78 Å². The van der Waals surface area contributed by atoms with E-state index in [9.17, 15) is 4.79 Å². The maximum absolute atomic E-state index is 11.8. The number of aryl methyl sites for hydroxylation is 2. The number of Topliss-reactive ketones (excluding diaryl/α,β-unsaturated/α-hetero) is 1. The number of carbonyl (C=O) groups excluding carboxylic acids is 1. The topological polar surface area (TPSA) is 29.1 Å². The molecule has 0 amide bonds. The summed E-state index contributed by atoms with van der Waals surface area (Å²) in [4.78, 5) is 11.8. The van der Waals surface area contributed by atoms with Gasteiger partial charge in [0.25, 0.3) is 0 Å². The van der Waals surface area contributed by atoms with Gasteiger partial charge in [-0.2, -0.15) is 0 Å². The number of hydrogen-bond donors (Lipinski definition) is 1. The van der Waals surface area contributed by atoms with E-state index in [0.717, 1.165) is 30.5 Å². The highest BCUT2D eigenvalue weighted by Crippen LogP contribution is 2.20. The van der Waals surface area contributed by atoms with Crippen LogP contribution >= 0.6 is 0 Å². The minimum atomic E-state index is 0.309. The third-order valence-electron chi connectivity index (χ3n) is 3.63. The lowest BCUT2D eigenvalue weighted by atomic mass is 10.1. The van der Waals surface area contributed by atoms with Crippen LogP contribution in [0.5, 0.6) is 0 Å². The fraction of sp³-hybridized carbons (Fsp3) is 0.438. The summed E-state index contributed by atoms with van der Waals surface area (Å²) < 4.78 is 0. The maximum Gasteiger partial charge on any atom is 0.160 e. The van der Waals surface area contributed by atoms with Crippen molar-refractivity contribution in [2.45, 2.75) is 46.0 Å². The van der Waals surface area contributed by atoms with Gasteiger partial charge in [0.2, 0.25) is 0 Å². The Bertz CT molecular complexity index is 474. The second-order valence-corrected chi connectivity index (χ2v) is 5.10. The molecule has 1 saturated carbocycles. The molecule has 1 aliphatic carbocycles. The lowest BCUT2D eigenvalue weighted by Gasteiger charge is -2.07. The Labute approximate surface area is 109 Å². The highest BCUT2D eigenvalue weighted by atomic mass is 16.1. The molecule has 1 aromatic rings. The Hall–Kier alpha value is -1.57. The number of nitrogens with one attached hydrogen (secondary N) is 1. The van der Waals surface area contributed by atoms with Gasteiger partial charge in [-0.3, -0.25) is 4.79 Å². The third-order valence-corrected chi connectivity index (χ3v) is 3.63. The van der Waals surface area contributed by atoms with Gasteiger partial charge in [-0.25, -0.2) is 0 Å². The third kappa shape index (κ3) is 3.22. The average Bonchev–Trinajstić information content (AvgIpc) is 2.56. The zero-order valence-electron chi connectivity index (χ0n) is 11.3. The second-order valence-electron chi connectivity index (χ2n) is 5.10. The molecule has 1 N–H and O–H groups in total. The van der Waals surface area contributed by atoms with Gasteiger partial charge in [-0.1, -0.05) is 12.5 Å². The number of carbonyl (C=O) groups is 1. The van der Waals surface area contributed by atoms with Crippen molar-refractivity contribution in [2.75, 3.05) is 5.32 Å². The molecule has 2 rings (SSSR count). The molecule has 0 unspecified atom stereocenters. The van der Waals surface area contributed by atoms with E-state index in [1.807, 2.05) is 6.20 Å². The van der Waals surface area contributed by atoms with Gasteiger partial charge in [0.05, 0.1) is 0 Å². The largest absolute Gasteiger partial charge is 0.361 e. The molecule has 96 valence electrons. The summed E-state index contributed by atoms with van der Waals surface area (Å²) in [5.41, 5.74) is 4.57. The minimum Gasteiger partial charge on any atom is -0.361 e. The first-order chi connectivity index (χ1) is 8.66. The highest BCUT2D eigenvalue weighted by molar-refractivity contribution is 5.95. The number of ketones is 1. The Morgan fingerprint density at radius 1 is 1.06 bits per heavy atom. The normalized spacial score (nSPS) is 18.8. The number of rotatable bonds is 2. The van der Waals surface area contributed by atoms with E-state index in [-0.39, 0.29) is 0 Å². The van der Waals surface area contributed by atoms with Gasteiger partial charge >= 0.3 is 0 Å². The predicted molar refractivity (Wildman–Crippen MR) is 75.7 cm³/mol. The summed E-state index contributed by atoms with van der Waals surface area (Å²) in [6.45, 7) is 4.21. The smallest absolute Gasteiger partial charge is 0.160 e. The van der Waals surface area contributed by atoms with Crippen LogP contribution in [0.15, 0.2) is 30.0 Å². The van der Waals surface area contributed by atoms with Crippen molar-refractivity contribution in [3.05, 3.63) is 41.1 Å². The van der Waals surface area contributed by atoms with Crippen LogP contribution < -0.4 is 5.32 Å². The molecule has 0 spiro atoms. The van der Waals surface area contributed by atoms with Crippen LogP contribution in [-0.2, 0) is 4.79 Å². The zero-order valence-corrected chi connectivity index (χ0v) is 11.3. The van der Waals surface area contributed by atoms with E-state index in [1.54, 1.807) is 0 Å². The quantitative estimate of drug-likeness (QED) is 0.625. The molecule has 1 fully saturated rings. The van der Waals surface area contributed by atoms with Gasteiger partial charge in [0.1, 0.15) is 0 Å². The van der Waals surface area contributed by atoms with Crippen LogP contribution in [0, 0.1) is 13.8 Å². The van der Waals surface area contributed by atoms with E-state index >= 15 is 0 Å². The van der Waals surface area contributed by atoms with Crippen molar-refractivity contribution in [1.82, 2.24) is 0 Å². The summed E-state index contributed by atoms with van der Waals surface area (Å²) in [6, 6.07) is 6.28. The van der Waals surface area contributed by atoms with Crippen LogP contribution in [0.25, 0.3) is 0 Å². The van der Waals surface area contributed by atoms with Crippen molar-refractivity contribution in [1.29, 1.82) is 0 Å². The SMILES string of the molecule is Cc1ccc(N/C=C2\CCCCCC2=O)cc1C. The minimum absolute atomic E-state index is 0.309. The molecule has 0 aromatic heterocycles. The lowest BCUT2D eigenvalue weighted by Crippen LogP contribution is -2.02. The molecule has 0 aliphatic heterocycles. The van der Waals surface area contributed by atoms with Crippen LogP contribution in [-0.4, -0.2) is 5.78 Å². The average molecular weight is 243 g/mol. The molecule has 0 radical (unpaired) electrons. The van der Waals surface area contributed by atoms with Crippen molar-refractivity contribution < 1.29 is 4.79 Å². The molecule has 0 atom stereocenters. The zero-order chi connectivity index (χ0) is 13.0. The molecule has 18 heavy (non-hydrogen) atoms. The summed E-state index contributed by atoms with van der Waals surface area (Å²) >= 11 is 0. The molecule has 0 bridgehead atoms. The predicted octanol–water partition coefficient (Wildman–Crippen LogP) is 4.13. The van der Waals surface area contributed by atoms with E-state index in [1.165, 1.54) is 17.5 Å². The summed E-state index contributed by atoms with van der Waals surface area (Å²) in [7, 11) is 0. The van der Waals surface area contributed by atoms with E-state index in [0.29, 0.717) is 12.2 Å². The van der Waals surface area contributed by atoms with Gasteiger partial charge < -0.3 is 5.32 Å². The second kappa shape index (κ2) is 5.85. The molecule has 1 aliphatic rings. The first kappa shape index (κ1) is 12.9. The van der Waals surface area contributed by atoms with Crippen LogP contribution in [0.1, 0.15) is 43.2 Å². The fourth-order valence-electron chi connectivity index (χ4n) is 2.23. The van der Waals surface area contributed by atoms with Crippen LogP contribution in [0.3, 0.4) is 0 Å². The standard InChI is InChI=1S/C16H21NO/c1-12-8-9-15(10-13(12)2)17-11-14-6-4-3-5-7-16(14)18/h8-11,17H,3-7H2,1-2H3/b14-11+. The summed E-state index contributed by atoms with van der Waals surface area (Å²) in [5, 5.41) is 3.26. The van der Waals surface area contributed by atoms with E-state index in [4.69, 9.17) is 0 Å². The lowest BCUT2D eigenvalue weighted by molar-refractivity contribution is -0.115. The summed E-state index contributed by atoms with van der Waals surface area (Å²) in [6.07, 6.45) is 6.87. The summed E-state index contributed by atoms with van der Waals surface area (Å²) in [5.74, 6) is 0.309. The van der Waals surface area contributed by atoms with Crippen molar-refractivity contribution >= 4 is 11.5 Å². The number of hydrogen-bond acceptors (Lipinski definition) is 2. The number of allylic oxidation sites excluding steroid dienone is 1. The number of benzene rings is 1. The molecule has 1 aromatic carbocycles. The van der Waals surface area contributed by atoms with Crippen molar-refractivity contribution in [3.8, 4) is 0 Å². The Balaban J connectivity index is 2.08. The highest BCUT2D eigenvalue weighted by Gasteiger charge is 2.12. The molecule has 0 heterocycles. The van der Waals surface area contributed by atoms with Gasteiger partial charge in [0, 0.05) is 23.9 Å². The van der Waals surface area contributed by atoms with E-state index < -0.39 is 0 Å². The molecular weight excluding hydrogens is 222 g/mol. The molecule has 2 heteroatoms. The molecule has 2 nitrogen and oxygen atoms in total. The van der Waals surface area contributed by atoms with Crippen molar-refractivity contribution in [3.63, 3.8) is 0 Å². The molecular formula is C16H21NO. The first-order valence-corrected chi connectivity index (χ1v) is 6.73. The number of anilines is 1. The Morgan fingerprint density at radius 2 is 1.83 bits per heavy atom. The Morgan fingerprint density at radius 3 is 2.61 bits per heavy atom. The fourth-order valence-corrected chi connectivity index (χ4v) is 2.23. The van der Waals surface area contributed by atoms with Crippen molar-refractivity contribution in [2.24, 2.45) is 0 Å². The van der Waals surface area contributed by atoms with Crippen LogP contribution in [0.4, 0.5) is 5.69 Å². The first-order valence-electron chi connectivity index (χ1n) is 6.73. The molecule has 0 saturated heterocycles. The van der Waals surface area contributed by atoms with Gasteiger partial charge in [-0.05, 0) is 56.4 Å². The Kier molecular flexibility index (Phi) is 4.19. The monoisotopic (exact) mass is 243 g/mol.